The predicted molar refractivity (Wildman–Crippen MR) is 221 cm³/mol. The van der Waals surface area contributed by atoms with Crippen molar-refractivity contribution in [2.24, 2.45) is 5.41 Å². The number of hydrogen-bond donors (Lipinski definition) is 0. The fourth-order valence-electron chi connectivity index (χ4n) is 8.50. The van der Waals surface area contributed by atoms with Crippen LogP contribution in [0.15, 0.2) is 131 Å². The van der Waals surface area contributed by atoms with E-state index in [0.717, 1.165) is 18.4 Å². The summed E-state index contributed by atoms with van der Waals surface area (Å²) in [5.74, 6) is 0.323. The van der Waals surface area contributed by atoms with E-state index in [1.165, 1.54) is 86.3 Å². The summed E-state index contributed by atoms with van der Waals surface area (Å²) in [6.07, 6.45) is 14.2. The van der Waals surface area contributed by atoms with Crippen molar-refractivity contribution in [2.75, 3.05) is 11.6 Å². The highest BCUT2D eigenvalue weighted by molar-refractivity contribution is 8.26. The van der Waals surface area contributed by atoms with E-state index in [9.17, 15) is 9.59 Å². The number of anilines is 2. The Morgan fingerprint density at radius 1 is 0.887 bits per heavy atom. The quantitative estimate of drug-likeness (QED) is 0.0739. The number of benzene rings is 4. The van der Waals surface area contributed by atoms with Crippen LogP contribution < -0.4 is 4.90 Å². The average Bonchev–Trinajstić information content (AvgIpc) is 3.85. The Morgan fingerprint density at radius 3 is 2.28 bits per heavy atom. The normalized spacial score (nSPS) is 21.8. The number of fused-ring (bicyclic) bond motifs is 3. The fraction of sp³-hybridized carbons (Fsp3) is 0.239. The number of carbonyl (C=O) groups excluding carboxylic acids is 2. The molecule has 2 fully saturated rings. The number of ether oxygens (including phenoxy) is 1. The summed E-state index contributed by atoms with van der Waals surface area (Å²) >= 11 is 6.73. The number of hydrogen-bond acceptors (Lipinski definition) is 6. The first kappa shape index (κ1) is 35.1. The van der Waals surface area contributed by atoms with Gasteiger partial charge in [0.1, 0.15) is 0 Å². The van der Waals surface area contributed by atoms with E-state index in [0.29, 0.717) is 27.7 Å². The van der Waals surface area contributed by atoms with E-state index >= 15 is 0 Å². The van der Waals surface area contributed by atoms with Crippen LogP contribution in [-0.4, -0.2) is 34.4 Å². The third-order valence-electron chi connectivity index (χ3n) is 10.8. The van der Waals surface area contributed by atoms with Gasteiger partial charge in [-0.1, -0.05) is 141 Å². The topological polar surface area (TPSA) is 49.9 Å². The fourth-order valence-corrected chi connectivity index (χ4v) is 9.77. The number of thiocarbonyl (C=S) groups is 1. The second kappa shape index (κ2) is 14.8. The van der Waals surface area contributed by atoms with Gasteiger partial charge in [-0.05, 0) is 106 Å². The van der Waals surface area contributed by atoms with Gasteiger partial charge in [-0.3, -0.25) is 14.5 Å². The minimum atomic E-state index is -0.196. The zero-order valence-corrected chi connectivity index (χ0v) is 31.7. The lowest BCUT2D eigenvalue weighted by atomic mass is 9.75. The van der Waals surface area contributed by atoms with E-state index in [4.69, 9.17) is 17.0 Å². The van der Waals surface area contributed by atoms with Gasteiger partial charge in [0.05, 0.1) is 4.91 Å². The van der Waals surface area contributed by atoms with E-state index in [1.54, 1.807) is 0 Å². The van der Waals surface area contributed by atoms with Gasteiger partial charge in [0.15, 0.2) is 11.1 Å². The molecule has 2 unspecified atom stereocenters. The molecule has 2 aliphatic carbocycles. The lowest BCUT2D eigenvalue weighted by Gasteiger charge is -2.31. The first-order valence-electron chi connectivity index (χ1n) is 18.3. The SMILES string of the molecule is CC1(C)CC(/C=C/c2ccc3c(c2)C2CCCC2N3c2ccc(C=C(c3ccccc3)c3ccccc3)cc2)=CC(=C2/SC(=S)N(COC=O)C2=O)/C1. The van der Waals surface area contributed by atoms with Crippen LogP contribution in [0.3, 0.4) is 0 Å². The first-order valence-corrected chi connectivity index (χ1v) is 19.6. The van der Waals surface area contributed by atoms with Gasteiger partial charge in [0.25, 0.3) is 12.4 Å². The molecule has 53 heavy (non-hydrogen) atoms. The van der Waals surface area contributed by atoms with Crippen LogP contribution in [0.4, 0.5) is 11.4 Å². The summed E-state index contributed by atoms with van der Waals surface area (Å²) in [7, 11) is 0. The maximum atomic E-state index is 13.2. The Balaban J connectivity index is 1.05. The molecule has 0 spiro atoms. The van der Waals surface area contributed by atoms with Crippen molar-refractivity contribution in [1.82, 2.24) is 4.90 Å². The molecule has 4 aliphatic rings. The lowest BCUT2D eigenvalue weighted by Crippen LogP contribution is -2.30. The van der Waals surface area contributed by atoms with Crippen LogP contribution in [0, 0.1) is 5.41 Å². The van der Waals surface area contributed by atoms with Crippen molar-refractivity contribution in [3.8, 4) is 0 Å². The second-order valence-electron chi connectivity index (χ2n) is 15.1. The monoisotopic (exact) mass is 734 g/mol. The Labute approximate surface area is 321 Å². The van der Waals surface area contributed by atoms with Crippen molar-refractivity contribution in [3.05, 3.63) is 159 Å². The number of allylic oxidation sites excluding steroid dienone is 4. The van der Waals surface area contributed by atoms with Crippen LogP contribution in [-0.2, 0) is 14.3 Å². The van der Waals surface area contributed by atoms with Gasteiger partial charge in [-0.2, -0.15) is 0 Å². The highest BCUT2D eigenvalue weighted by Crippen LogP contribution is 2.52. The molecule has 2 atom stereocenters. The molecule has 2 aliphatic heterocycles. The number of carbonyl (C=O) groups is 2. The molecule has 1 amide bonds. The maximum Gasteiger partial charge on any atom is 0.294 e. The number of amides is 1. The smallest absolute Gasteiger partial charge is 0.294 e. The van der Waals surface area contributed by atoms with Crippen molar-refractivity contribution in [1.29, 1.82) is 0 Å². The van der Waals surface area contributed by atoms with E-state index in [1.807, 2.05) is 0 Å². The maximum absolute atomic E-state index is 13.2. The Kier molecular flexibility index (Phi) is 9.80. The number of rotatable bonds is 9. The van der Waals surface area contributed by atoms with Gasteiger partial charge in [-0.25, -0.2) is 0 Å². The Morgan fingerprint density at radius 2 is 1.58 bits per heavy atom. The van der Waals surface area contributed by atoms with Crippen molar-refractivity contribution >= 4 is 69.8 Å². The molecular formula is C46H42N2O3S2. The molecule has 1 saturated carbocycles. The molecule has 4 aromatic rings. The van der Waals surface area contributed by atoms with Gasteiger partial charge >= 0.3 is 0 Å². The third-order valence-corrected chi connectivity index (χ3v) is 12.3. The van der Waals surface area contributed by atoms with E-state index in [-0.39, 0.29) is 18.1 Å². The predicted octanol–water partition coefficient (Wildman–Crippen LogP) is 11.1. The molecule has 0 N–H and O–H groups in total. The summed E-state index contributed by atoms with van der Waals surface area (Å²) in [6.45, 7) is 4.66. The van der Waals surface area contributed by atoms with Gasteiger partial charge in [-0.15, -0.1) is 0 Å². The minimum Gasteiger partial charge on any atom is -0.446 e. The second-order valence-corrected chi connectivity index (χ2v) is 16.7. The van der Waals surface area contributed by atoms with Crippen molar-refractivity contribution in [2.45, 2.75) is 57.9 Å². The zero-order chi connectivity index (χ0) is 36.5. The van der Waals surface area contributed by atoms with Crippen LogP contribution in [0.2, 0.25) is 0 Å². The molecule has 5 nitrogen and oxygen atoms in total. The summed E-state index contributed by atoms with van der Waals surface area (Å²) < 4.78 is 5.26. The van der Waals surface area contributed by atoms with Gasteiger partial charge in [0.2, 0.25) is 0 Å². The van der Waals surface area contributed by atoms with Crippen LogP contribution in [0.5, 0.6) is 0 Å². The molecule has 8 rings (SSSR count). The molecule has 0 bridgehead atoms. The van der Waals surface area contributed by atoms with Crippen LogP contribution in [0.1, 0.15) is 79.7 Å². The molecule has 4 aromatic carbocycles. The van der Waals surface area contributed by atoms with Crippen LogP contribution in [0.25, 0.3) is 17.7 Å². The molecular weight excluding hydrogens is 693 g/mol. The van der Waals surface area contributed by atoms with Crippen molar-refractivity contribution < 1.29 is 14.3 Å². The minimum absolute atomic E-state index is 0.0164. The highest BCUT2D eigenvalue weighted by atomic mass is 32.2. The molecule has 1 saturated heterocycles. The van der Waals surface area contributed by atoms with Gasteiger partial charge in [0, 0.05) is 23.3 Å². The Bertz CT molecular complexity index is 2140. The molecule has 266 valence electrons. The standard InChI is InChI=1S/C46H42N2O3S2/c1-46(2)27-33(24-36(28-46)43-44(50)47(29-51-30-49)45(52)53-43)17-16-31-20-23-42-40(26-31)38-14-9-15-41(38)48(42)37-21-18-32(19-22-37)25-39(34-10-5-3-6-11-34)35-12-7-4-8-13-35/h3-8,10-13,16-26,30,38,41H,9,14-15,27-29H2,1-2H3/b17-16+,43-36-. The Hall–Kier alpha value is -4.98. The van der Waals surface area contributed by atoms with Crippen LogP contribution >= 0.6 is 24.0 Å². The average molecular weight is 735 g/mol. The molecule has 7 heteroatoms. The third kappa shape index (κ3) is 7.20. The summed E-state index contributed by atoms with van der Waals surface area (Å²) in [5.41, 5.74) is 12.1. The van der Waals surface area contributed by atoms with Crippen molar-refractivity contribution in [3.63, 3.8) is 0 Å². The first-order chi connectivity index (χ1) is 25.8. The summed E-state index contributed by atoms with van der Waals surface area (Å²) in [5, 5.41) is 0. The largest absolute Gasteiger partial charge is 0.446 e. The highest BCUT2D eigenvalue weighted by Gasteiger charge is 2.42. The number of thioether (sulfide) groups is 1. The van der Waals surface area contributed by atoms with Gasteiger partial charge < -0.3 is 9.64 Å². The van der Waals surface area contributed by atoms with E-state index < -0.39 is 0 Å². The number of nitrogens with zero attached hydrogens (tertiary/aromatic N) is 2. The molecule has 0 aromatic heterocycles. The summed E-state index contributed by atoms with van der Waals surface area (Å²) in [4.78, 5) is 28.5. The summed E-state index contributed by atoms with van der Waals surface area (Å²) in [6, 6.07) is 37.7. The lowest BCUT2D eigenvalue weighted by molar-refractivity contribution is -0.135. The molecule has 0 radical (unpaired) electrons. The zero-order valence-electron chi connectivity index (χ0n) is 30.0. The molecule has 2 heterocycles. The van der Waals surface area contributed by atoms with E-state index in [2.05, 4.69) is 146 Å².